The Morgan fingerprint density at radius 2 is 1.55 bits per heavy atom. The summed E-state index contributed by atoms with van der Waals surface area (Å²) >= 11 is 0. The summed E-state index contributed by atoms with van der Waals surface area (Å²) in [5.41, 5.74) is -1.98. The zero-order valence-electron chi connectivity index (χ0n) is 17.5. The van der Waals surface area contributed by atoms with Gasteiger partial charge in [0, 0.05) is 11.6 Å². The Morgan fingerprint density at radius 3 is 2.14 bits per heavy atom. The summed E-state index contributed by atoms with van der Waals surface area (Å²) in [4.78, 5) is 49.8. The maximum absolute atomic E-state index is 12.8. The highest BCUT2D eigenvalue weighted by Gasteiger charge is 2.23. The number of fused-ring (bicyclic) bond motifs is 1. The van der Waals surface area contributed by atoms with Crippen molar-refractivity contribution in [3.63, 3.8) is 0 Å². The number of aromatic nitrogens is 1. The van der Waals surface area contributed by atoms with Crippen LogP contribution in [-0.2, 0) is 14.3 Å². The van der Waals surface area contributed by atoms with E-state index in [9.17, 15) is 19.2 Å². The van der Waals surface area contributed by atoms with Crippen LogP contribution in [0.4, 0.5) is 4.79 Å². The van der Waals surface area contributed by atoms with E-state index in [0.717, 1.165) is 10.8 Å². The lowest BCUT2D eigenvalue weighted by Crippen LogP contribution is -2.37. The van der Waals surface area contributed by atoms with Gasteiger partial charge in [0.25, 0.3) is 5.91 Å². The van der Waals surface area contributed by atoms with Gasteiger partial charge in [-0.1, -0.05) is 12.1 Å². The van der Waals surface area contributed by atoms with E-state index in [-0.39, 0.29) is 10.9 Å². The maximum atomic E-state index is 12.8. The molecule has 1 heterocycles. The number of amides is 1. The molecule has 0 atom stereocenters. The summed E-state index contributed by atoms with van der Waals surface area (Å²) < 4.78 is 11.6. The number of carbonyl (C=O) groups excluding carboxylic acids is 3. The van der Waals surface area contributed by atoms with Gasteiger partial charge in [0.2, 0.25) is 5.43 Å². The van der Waals surface area contributed by atoms with Crippen LogP contribution < -0.4 is 10.7 Å². The Kier molecular flexibility index (Phi) is 6.15. The zero-order valence-corrected chi connectivity index (χ0v) is 17.5. The normalized spacial score (nSPS) is 11.8. The summed E-state index contributed by atoms with van der Waals surface area (Å²) in [7, 11) is 0. The highest BCUT2D eigenvalue weighted by atomic mass is 16.6. The number of rotatable bonds is 3. The van der Waals surface area contributed by atoms with Crippen molar-refractivity contribution in [3.8, 4) is 0 Å². The highest BCUT2D eigenvalue weighted by Crippen LogP contribution is 2.15. The van der Waals surface area contributed by atoms with Crippen LogP contribution in [0.15, 0.2) is 35.3 Å². The number of carbonyl (C=O) groups is 3. The number of nitrogens with one attached hydrogen (secondary N) is 1. The molecule has 0 radical (unpaired) electrons. The molecule has 1 N–H and O–H groups in total. The Labute approximate surface area is 168 Å². The van der Waals surface area contributed by atoms with Crippen molar-refractivity contribution in [1.82, 2.24) is 9.88 Å². The average molecular weight is 402 g/mol. The number of hydrogen-bond acceptors (Lipinski definition) is 6. The molecule has 1 amide bonds. The van der Waals surface area contributed by atoms with Crippen molar-refractivity contribution in [3.05, 3.63) is 46.2 Å². The Morgan fingerprint density at radius 1 is 0.966 bits per heavy atom. The molecule has 0 saturated heterocycles. The van der Waals surface area contributed by atoms with Crippen molar-refractivity contribution in [2.45, 2.75) is 52.7 Å². The molecule has 0 aliphatic rings. The van der Waals surface area contributed by atoms with Crippen molar-refractivity contribution in [2.75, 3.05) is 6.54 Å². The molecule has 0 saturated carbocycles. The van der Waals surface area contributed by atoms with E-state index in [1.807, 2.05) is 0 Å². The fourth-order valence-electron chi connectivity index (χ4n) is 2.53. The molecule has 0 bridgehead atoms. The summed E-state index contributed by atoms with van der Waals surface area (Å²) in [5, 5.41) is 2.55. The lowest BCUT2D eigenvalue weighted by atomic mass is 10.1. The summed E-state index contributed by atoms with van der Waals surface area (Å²) in [6, 6.07) is 6.41. The molecule has 8 nitrogen and oxygen atoms in total. The van der Waals surface area contributed by atoms with Crippen LogP contribution in [-0.4, -0.2) is 40.3 Å². The third-order valence-corrected chi connectivity index (χ3v) is 3.56. The molecule has 0 aliphatic carbocycles. The van der Waals surface area contributed by atoms with Crippen LogP contribution in [0.2, 0.25) is 0 Å². The van der Waals surface area contributed by atoms with Crippen molar-refractivity contribution < 1.29 is 23.9 Å². The quantitative estimate of drug-likeness (QED) is 0.792. The van der Waals surface area contributed by atoms with Crippen LogP contribution >= 0.6 is 0 Å². The van der Waals surface area contributed by atoms with E-state index in [0.29, 0.717) is 5.52 Å². The number of hydrogen-bond donors (Lipinski definition) is 1. The standard InChI is InChI=1S/C21H26N2O6/c1-20(2,3)28-16(24)11-22-18(26)14-12-23(19(27)29-21(4,5)6)15-10-8-7-9-13(15)17(14)25/h7-10,12H,11H2,1-6H3,(H,22,26). The fraction of sp³-hybridized carbons (Fsp3) is 0.429. The first-order chi connectivity index (χ1) is 13.3. The van der Waals surface area contributed by atoms with Gasteiger partial charge >= 0.3 is 12.1 Å². The molecule has 8 heteroatoms. The van der Waals surface area contributed by atoms with Crippen LogP contribution in [0, 0.1) is 0 Å². The number of nitrogens with zero attached hydrogens (tertiary/aromatic N) is 1. The van der Waals surface area contributed by atoms with E-state index in [4.69, 9.17) is 9.47 Å². The second-order valence-corrected chi connectivity index (χ2v) is 8.51. The van der Waals surface area contributed by atoms with Gasteiger partial charge in [-0.05, 0) is 53.7 Å². The molecule has 2 aromatic rings. The van der Waals surface area contributed by atoms with Crippen LogP contribution in [0.1, 0.15) is 51.9 Å². The number of pyridine rings is 1. The van der Waals surface area contributed by atoms with Gasteiger partial charge < -0.3 is 14.8 Å². The molecular weight excluding hydrogens is 376 g/mol. The summed E-state index contributed by atoms with van der Waals surface area (Å²) in [5.74, 6) is -1.43. The summed E-state index contributed by atoms with van der Waals surface area (Å²) in [6.07, 6.45) is 0.401. The van der Waals surface area contributed by atoms with Gasteiger partial charge in [0.15, 0.2) is 0 Å². The molecule has 0 spiro atoms. The van der Waals surface area contributed by atoms with E-state index in [1.54, 1.807) is 59.7 Å². The topological polar surface area (TPSA) is 104 Å². The molecule has 156 valence electrons. The van der Waals surface area contributed by atoms with Crippen molar-refractivity contribution in [1.29, 1.82) is 0 Å². The molecule has 0 fully saturated rings. The van der Waals surface area contributed by atoms with Gasteiger partial charge in [-0.15, -0.1) is 0 Å². The minimum Gasteiger partial charge on any atom is -0.459 e. The lowest BCUT2D eigenvalue weighted by molar-refractivity contribution is -0.153. The van der Waals surface area contributed by atoms with Crippen molar-refractivity contribution >= 4 is 28.9 Å². The molecule has 0 aliphatic heterocycles. The minimum absolute atomic E-state index is 0.184. The largest absolute Gasteiger partial charge is 0.459 e. The average Bonchev–Trinajstić information content (AvgIpc) is 2.57. The minimum atomic E-state index is -0.788. The number of ether oxygens (including phenoxy) is 2. The van der Waals surface area contributed by atoms with E-state index in [2.05, 4.69) is 5.32 Å². The monoisotopic (exact) mass is 402 g/mol. The van der Waals surface area contributed by atoms with Gasteiger partial charge in [-0.3, -0.25) is 19.0 Å². The second kappa shape index (κ2) is 8.06. The van der Waals surface area contributed by atoms with Gasteiger partial charge in [-0.2, -0.15) is 0 Å². The fourth-order valence-corrected chi connectivity index (χ4v) is 2.53. The number of para-hydroxylation sites is 1. The predicted molar refractivity (Wildman–Crippen MR) is 108 cm³/mol. The highest BCUT2D eigenvalue weighted by molar-refractivity contribution is 6.00. The summed E-state index contributed by atoms with van der Waals surface area (Å²) in [6.45, 7) is 9.84. The van der Waals surface area contributed by atoms with Crippen LogP contribution in [0.3, 0.4) is 0 Å². The Hall–Kier alpha value is -3.16. The Balaban J connectivity index is 2.40. The Bertz CT molecular complexity index is 1010. The smallest absolute Gasteiger partial charge is 0.419 e. The molecule has 1 aromatic heterocycles. The van der Waals surface area contributed by atoms with Gasteiger partial charge in [0.1, 0.15) is 23.3 Å². The molecule has 29 heavy (non-hydrogen) atoms. The molecule has 0 unspecified atom stereocenters. The molecular formula is C21H26N2O6. The zero-order chi connectivity index (χ0) is 22.0. The molecule has 1 aromatic carbocycles. The van der Waals surface area contributed by atoms with E-state index >= 15 is 0 Å². The first-order valence-corrected chi connectivity index (χ1v) is 9.16. The number of esters is 1. The van der Waals surface area contributed by atoms with Crippen molar-refractivity contribution in [2.24, 2.45) is 0 Å². The lowest BCUT2D eigenvalue weighted by Gasteiger charge is -2.21. The van der Waals surface area contributed by atoms with Gasteiger partial charge in [-0.25, -0.2) is 4.79 Å². The van der Waals surface area contributed by atoms with E-state index < -0.39 is 41.1 Å². The predicted octanol–water partition coefficient (Wildman–Crippen LogP) is 2.86. The molecule has 2 rings (SSSR count). The van der Waals surface area contributed by atoms with Crippen LogP contribution in [0.5, 0.6) is 0 Å². The third-order valence-electron chi connectivity index (χ3n) is 3.56. The van der Waals surface area contributed by atoms with Crippen LogP contribution in [0.25, 0.3) is 10.9 Å². The SMILES string of the molecule is CC(C)(C)OC(=O)CNC(=O)c1cn(C(=O)OC(C)(C)C)c2ccccc2c1=O. The second-order valence-electron chi connectivity index (χ2n) is 8.51. The van der Waals surface area contributed by atoms with Gasteiger partial charge in [0.05, 0.1) is 5.52 Å². The first-order valence-electron chi connectivity index (χ1n) is 9.16. The third kappa shape index (κ3) is 5.91. The first kappa shape index (κ1) is 22.1. The maximum Gasteiger partial charge on any atom is 0.419 e. The van der Waals surface area contributed by atoms with E-state index in [1.165, 1.54) is 6.07 Å². The number of benzene rings is 1.